The second-order valence-electron chi connectivity index (χ2n) is 6.28. The highest BCUT2D eigenvalue weighted by atomic mass is 16.5. The Hall–Kier alpha value is -2.79. The molecule has 0 bridgehead atoms. The number of furan rings is 1. The molecule has 1 aliphatic heterocycles. The van der Waals surface area contributed by atoms with Crippen LogP contribution in [0, 0.1) is 0 Å². The first-order valence-corrected chi connectivity index (χ1v) is 8.39. The van der Waals surface area contributed by atoms with Crippen molar-refractivity contribution in [2.45, 2.75) is 18.9 Å². The lowest BCUT2D eigenvalue weighted by molar-refractivity contribution is -0.116. The summed E-state index contributed by atoms with van der Waals surface area (Å²) in [7, 11) is 1.65. The molecule has 1 aromatic heterocycles. The average Bonchev–Trinajstić information content (AvgIpc) is 3.03. The van der Waals surface area contributed by atoms with Gasteiger partial charge in [0.25, 0.3) is 0 Å². The fourth-order valence-electron chi connectivity index (χ4n) is 3.34. The highest BCUT2D eigenvalue weighted by Gasteiger charge is 2.24. The zero-order valence-electron chi connectivity index (χ0n) is 14.0. The second kappa shape index (κ2) is 6.61. The molecule has 0 saturated carbocycles. The number of anilines is 1. The summed E-state index contributed by atoms with van der Waals surface area (Å²) in [6.07, 6.45) is 0.501. The number of rotatable bonds is 5. The van der Waals surface area contributed by atoms with Crippen molar-refractivity contribution in [3.8, 4) is 5.75 Å². The van der Waals surface area contributed by atoms with Crippen molar-refractivity contribution in [3.63, 3.8) is 0 Å². The third-order valence-corrected chi connectivity index (χ3v) is 4.57. The lowest BCUT2D eigenvalue weighted by atomic mass is 9.90. The largest absolute Gasteiger partial charge is 0.497 e. The van der Waals surface area contributed by atoms with Crippen LogP contribution in [0.4, 0.5) is 5.69 Å². The van der Waals surface area contributed by atoms with Crippen molar-refractivity contribution in [2.75, 3.05) is 19.0 Å². The Labute approximate surface area is 146 Å². The van der Waals surface area contributed by atoms with Gasteiger partial charge in [0, 0.05) is 30.0 Å². The Bertz CT molecular complexity index is 916. The summed E-state index contributed by atoms with van der Waals surface area (Å²) in [4.78, 5) is 11.9. The number of carbonyl (C=O) groups excluding carboxylic acids is 1. The molecule has 2 N–H and O–H groups in total. The molecule has 3 aromatic rings. The van der Waals surface area contributed by atoms with Gasteiger partial charge < -0.3 is 19.8 Å². The second-order valence-corrected chi connectivity index (χ2v) is 6.28. The van der Waals surface area contributed by atoms with Gasteiger partial charge in [0.15, 0.2) is 0 Å². The summed E-state index contributed by atoms with van der Waals surface area (Å²) in [6, 6.07) is 15.8. The van der Waals surface area contributed by atoms with E-state index in [0.29, 0.717) is 13.0 Å². The first-order valence-electron chi connectivity index (χ1n) is 8.39. The van der Waals surface area contributed by atoms with Crippen LogP contribution in [0.3, 0.4) is 0 Å². The maximum atomic E-state index is 11.9. The summed E-state index contributed by atoms with van der Waals surface area (Å²) >= 11 is 0. The Morgan fingerprint density at radius 1 is 1.24 bits per heavy atom. The van der Waals surface area contributed by atoms with Gasteiger partial charge >= 0.3 is 0 Å². The van der Waals surface area contributed by atoms with E-state index in [1.165, 1.54) is 5.56 Å². The molecule has 0 radical (unpaired) electrons. The van der Waals surface area contributed by atoms with E-state index in [9.17, 15) is 4.79 Å². The standard InChI is InChI=1S/C20H20N2O3/c1-24-15-6-7-19-13(8-15)9-16(25-19)12-21-11-14-10-20(23)22-18-5-3-2-4-17(14)18/h2-9,14,21H,10-12H2,1H3,(H,22,23)/t14-/m0/s1. The number of benzene rings is 2. The van der Waals surface area contributed by atoms with Crippen molar-refractivity contribution < 1.29 is 13.9 Å². The quantitative estimate of drug-likeness (QED) is 0.746. The van der Waals surface area contributed by atoms with Crippen molar-refractivity contribution in [1.82, 2.24) is 5.32 Å². The van der Waals surface area contributed by atoms with Gasteiger partial charge in [-0.25, -0.2) is 0 Å². The van der Waals surface area contributed by atoms with Gasteiger partial charge in [-0.05, 0) is 35.9 Å². The van der Waals surface area contributed by atoms with Crippen LogP contribution in [-0.2, 0) is 11.3 Å². The molecule has 0 unspecified atom stereocenters. The zero-order chi connectivity index (χ0) is 17.2. The Morgan fingerprint density at radius 2 is 2.12 bits per heavy atom. The van der Waals surface area contributed by atoms with Gasteiger partial charge in [0.2, 0.25) is 5.91 Å². The predicted molar refractivity (Wildman–Crippen MR) is 96.9 cm³/mol. The number of fused-ring (bicyclic) bond motifs is 2. The van der Waals surface area contributed by atoms with Crippen LogP contribution in [0.15, 0.2) is 52.9 Å². The molecule has 1 amide bonds. The molecule has 2 heterocycles. The molecule has 1 aliphatic rings. The lowest BCUT2D eigenvalue weighted by Gasteiger charge is -2.25. The van der Waals surface area contributed by atoms with Crippen LogP contribution in [0.5, 0.6) is 5.75 Å². The van der Waals surface area contributed by atoms with Crippen LogP contribution in [0.2, 0.25) is 0 Å². The first-order chi connectivity index (χ1) is 12.2. The fourth-order valence-corrected chi connectivity index (χ4v) is 3.34. The average molecular weight is 336 g/mol. The number of para-hydroxylation sites is 1. The van der Waals surface area contributed by atoms with Crippen LogP contribution < -0.4 is 15.4 Å². The molecule has 4 rings (SSSR count). The summed E-state index contributed by atoms with van der Waals surface area (Å²) < 4.78 is 11.1. The van der Waals surface area contributed by atoms with Crippen LogP contribution >= 0.6 is 0 Å². The van der Waals surface area contributed by atoms with Gasteiger partial charge in [-0.1, -0.05) is 18.2 Å². The van der Waals surface area contributed by atoms with Crippen LogP contribution in [0.25, 0.3) is 11.0 Å². The highest BCUT2D eigenvalue weighted by Crippen LogP contribution is 2.31. The van der Waals surface area contributed by atoms with Crippen molar-refractivity contribution in [2.24, 2.45) is 0 Å². The molecular weight excluding hydrogens is 316 g/mol. The number of nitrogens with one attached hydrogen (secondary N) is 2. The van der Waals surface area contributed by atoms with Crippen molar-refractivity contribution in [3.05, 3.63) is 59.9 Å². The van der Waals surface area contributed by atoms with E-state index in [1.807, 2.05) is 42.5 Å². The Morgan fingerprint density at radius 3 is 3.00 bits per heavy atom. The molecular formula is C20H20N2O3. The Balaban J connectivity index is 1.43. The van der Waals surface area contributed by atoms with Gasteiger partial charge in [-0.2, -0.15) is 0 Å². The normalized spacial score (nSPS) is 16.5. The van der Waals surface area contributed by atoms with Crippen LogP contribution in [-0.4, -0.2) is 19.6 Å². The van der Waals surface area contributed by atoms with E-state index in [4.69, 9.17) is 9.15 Å². The molecule has 128 valence electrons. The van der Waals surface area contributed by atoms with Gasteiger partial charge in [0.1, 0.15) is 17.1 Å². The molecule has 25 heavy (non-hydrogen) atoms. The third-order valence-electron chi connectivity index (χ3n) is 4.57. The topological polar surface area (TPSA) is 63.5 Å². The minimum atomic E-state index is 0.0707. The van der Waals surface area contributed by atoms with Gasteiger partial charge in [-0.3, -0.25) is 4.79 Å². The number of hydrogen-bond acceptors (Lipinski definition) is 4. The fraction of sp³-hybridized carbons (Fsp3) is 0.250. The molecule has 0 fully saturated rings. The summed E-state index contributed by atoms with van der Waals surface area (Å²) in [5.41, 5.74) is 2.95. The number of hydrogen-bond donors (Lipinski definition) is 2. The Kier molecular flexibility index (Phi) is 4.15. The lowest BCUT2D eigenvalue weighted by Crippen LogP contribution is -2.29. The van der Waals surface area contributed by atoms with Crippen molar-refractivity contribution in [1.29, 1.82) is 0 Å². The third kappa shape index (κ3) is 3.23. The molecule has 2 aromatic carbocycles. The maximum Gasteiger partial charge on any atom is 0.225 e. The predicted octanol–water partition coefficient (Wildman–Crippen LogP) is 3.66. The molecule has 5 heteroatoms. The molecule has 0 spiro atoms. The molecule has 0 aliphatic carbocycles. The number of carbonyl (C=O) groups is 1. The molecule has 5 nitrogen and oxygen atoms in total. The number of amides is 1. The maximum absolute atomic E-state index is 11.9. The molecule has 0 saturated heterocycles. The minimum Gasteiger partial charge on any atom is -0.497 e. The summed E-state index contributed by atoms with van der Waals surface area (Å²) in [5, 5.41) is 7.37. The van der Waals surface area contributed by atoms with E-state index in [2.05, 4.69) is 16.7 Å². The number of ether oxygens (including phenoxy) is 1. The first kappa shape index (κ1) is 15.7. The SMILES string of the molecule is COc1ccc2oc(CNC[C@@H]3CC(=O)Nc4ccccc43)cc2c1. The van der Waals surface area contributed by atoms with E-state index in [1.54, 1.807) is 7.11 Å². The van der Waals surface area contributed by atoms with E-state index >= 15 is 0 Å². The summed E-state index contributed by atoms with van der Waals surface area (Å²) in [6.45, 7) is 1.35. The minimum absolute atomic E-state index is 0.0707. The summed E-state index contributed by atoms with van der Waals surface area (Å²) in [5.74, 6) is 1.94. The number of methoxy groups -OCH3 is 1. The molecule has 1 atom stereocenters. The van der Waals surface area contributed by atoms with E-state index in [0.717, 1.165) is 34.7 Å². The highest BCUT2D eigenvalue weighted by molar-refractivity contribution is 5.94. The zero-order valence-corrected chi connectivity index (χ0v) is 14.0. The van der Waals surface area contributed by atoms with E-state index in [-0.39, 0.29) is 11.8 Å². The monoisotopic (exact) mass is 336 g/mol. The van der Waals surface area contributed by atoms with Crippen LogP contribution in [0.1, 0.15) is 23.7 Å². The van der Waals surface area contributed by atoms with Gasteiger partial charge in [-0.15, -0.1) is 0 Å². The smallest absolute Gasteiger partial charge is 0.225 e. The van der Waals surface area contributed by atoms with Gasteiger partial charge in [0.05, 0.1) is 13.7 Å². The van der Waals surface area contributed by atoms with E-state index < -0.39 is 0 Å². The van der Waals surface area contributed by atoms with Crippen molar-refractivity contribution >= 4 is 22.6 Å².